The maximum atomic E-state index is 3.21. The van der Waals surface area contributed by atoms with Crippen LogP contribution in [0.2, 0.25) is 0 Å². The lowest BCUT2D eigenvalue weighted by molar-refractivity contribution is 0.794. The Labute approximate surface area is 97.5 Å². The molecule has 0 saturated carbocycles. The van der Waals surface area contributed by atoms with Crippen LogP contribution in [0.15, 0.2) is 29.2 Å². The summed E-state index contributed by atoms with van der Waals surface area (Å²) in [5.41, 5.74) is 1.39. The molecule has 1 rings (SSSR count). The Morgan fingerprint density at radius 3 is 2.40 bits per heavy atom. The van der Waals surface area contributed by atoms with Gasteiger partial charge in [-0.3, -0.25) is 0 Å². The first-order valence-corrected chi connectivity index (χ1v) is 6.60. The second-order valence-electron chi connectivity index (χ2n) is 3.59. The average Bonchev–Trinajstić information content (AvgIpc) is 2.29. The number of thioether (sulfide) groups is 1. The molecular weight excluding hydrogens is 200 g/mol. The van der Waals surface area contributed by atoms with E-state index in [2.05, 4.69) is 56.2 Å². The minimum Gasteiger partial charge on any atom is -0.130 e. The molecule has 15 heavy (non-hydrogen) atoms. The first-order chi connectivity index (χ1) is 7.27. The third-order valence-electron chi connectivity index (χ3n) is 2.39. The van der Waals surface area contributed by atoms with Crippen molar-refractivity contribution >= 4 is 11.8 Å². The molecule has 0 radical (unpaired) electrons. The largest absolute Gasteiger partial charge is 0.130 e. The van der Waals surface area contributed by atoms with Crippen LogP contribution in [0.25, 0.3) is 0 Å². The zero-order valence-electron chi connectivity index (χ0n) is 9.71. The summed E-state index contributed by atoms with van der Waals surface area (Å²) in [6, 6.07) is 8.79. The number of hydrogen-bond donors (Lipinski definition) is 0. The Kier molecular flexibility index (Phi) is 5.36. The van der Waals surface area contributed by atoms with Gasteiger partial charge in [-0.25, -0.2) is 0 Å². The summed E-state index contributed by atoms with van der Waals surface area (Å²) < 4.78 is 0. The van der Waals surface area contributed by atoms with Crippen molar-refractivity contribution < 1.29 is 0 Å². The van der Waals surface area contributed by atoms with Gasteiger partial charge in [-0.2, -0.15) is 0 Å². The topological polar surface area (TPSA) is 0 Å². The second kappa shape index (κ2) is 6.58. The van der Waals surface area contributed by atoms with Gasteiger partial charge in [0.2, 0.25) is 0 Å². The summed E-state index contributed by atoms with van der Waals surface area (Å²) in [6.07, 6.45) is 4.02. The highest BCUT2D eigenvalue weighted by atomic mass is 32.2. The van der Waals surface area contributed by atoms with Crippen molar-refractivity contribution in [2.45, 2.75) is 37.5 Å². The molecule has 0 spiro atoms. The van der Waals surface area contributed by atoms with E-state index in [1.165, 1.54) is 10.5 Å². The maximum absolute atomic E-state index is 3.21. The van der Waals surface area contributed by atoms with Crippen molar-refractivity contribution in [3.63, 3.8) is 0 Å². The Morgan fingerprint density at radius 1 is 1.20 bits per heavy atom. The van der Waals surface area contributed by atoms with Crippen LogP contribution in [0.5, 0.6) is 0 Å². The Balaban J connectivity index is 2.61. The highest BCUT2D eigenvalue weighted by Gasteiger charge is 2.02. The van der Waals surface area contributed by atoms with Gasteiger partial charge in [0.15, 0.2) is 0 Å². The van der Waals surface area contributed by atoms with E-state index in [0.29, 0.717) is 5.92 Å². The molecule has 0 aliphatic heterocycles. The van der Waals surface area contributed by atoms with Crippen LogP contribution in [0.4, 0.5) is 0 Å². The molecule has 0 fully saturated rings. The normalized spacial score (nSPS) is 11.7. The number of benzene rings is 1. The monoisotopic (exact) mass is 218 g/mol. The zero-order chi connectivity index (χ0) is 11.1. The van der Waals surface area contributed by atoms with E-state index in [0.717, 1.165) is 12.8 Å². The van der Waals surface area contributed by atoms with Crippen LogP contribution in [0.3, 0.4) is 0 Å². The predicted molar refractivity (Wildman–Crippen MR) is 69.3 cm³/mol. The van der Waals surface area contributed by atoms with Gasteiger partial charge >= 0.3 is 0 Å². The molecule has 0 heterocycles. The van der Waals surface area contributed by atoms with Crippen LogP contribution in [0, 0.1) is 11.8 Å². The predicted octanol–water partition coefficient (Wildman–Crippen LogP) is 4.32. The Hall–Kier alpha value is -0.870. The van der Waals surface area contributed by atoms with Gasteiger partial charge in [-0.15, -0.1) is 23.6 Å². The van der Waals surface area contributed by atoms with Gasteiger partial charge in [-0.05, 0) is 29.9 Å². The first kappa shape index (κ1) is 12.2. The van der Waals surface area contributed by atoms with E-state index in [4.69, 9.17) is 0 Å². The molecule has 0 aromatic heterocycles. The number of hydrogen-bond acceptors (Lipinski definition) is 1. The molecule has 1 aromatic carbocycles. The molecule has 80 valence electrons. The molecule has 0 saturated heterocycles. The maximum Gasteiger partial charge on any atom is 0.0155 e. The molecule has 1 heteroatoms. The molecule has 1 unspecified atom stereocenters. The van der Waals surface area contributed by atoms with Crippen molar-refractivity contribution in [2.75, 3.05) is 6.26 Å². The highest BCUT2D eigenvalue weighted by molar-refractivity contribution is 7.98. The summed E-state index contributed by atoms with van der Waals surface area (Å²) in [5.74, 6) is 6.87. The lowest BCUT2D eigenvalue weighted by Gasteiger charge is -2.08. The van der Waals surface area contributed by atoms with Gasteiger partial charge in [0, 0.05) is 17.7 Å². The van der Waals surface area contributed by atoms with Gasteiger partial charge < -0.3 is 0 Å². The minimum absolute atomic E-state index is 0.542. The molecule has 0 nitrogen and oxygen atoms in total. The Morgan fingerprint density at radius 2 is 1.87 bits per heavy atom. The Bertz CT molecular complexity index is 340. The SMILES string of the molecule is CCC#CCC(C)c1ccc(SC)cc1. The quantitative estimate of drug-likeness (QED) is 0.538. The van der Waals surface area contributed by atoms with Crippen LogP contribution >= 0.6 is 11.8 Å². The van der Waals surface area contributed by atoms with Gasteiger partial charge in [0.05, 0.1) is 0 Å². The molecule has 0 aliphatic rings. The standard InChI is InChI=1S/C14H18S/c1-4-5-6-7-12(2)13-8-10-14(15-3)11-9-13/h8-12H,4,7H2,1-3H3. The lowest BCUT2D eigenvalue weighted by atomic mass is 9.98. The van der Waals surface area contributed by atoms with Crippen molar-refractivity contribution in [3.8, 4) is 11.8 Å². The van der Waals surface area contributed by atoms with Crippen LogP contribution in [0.1, 0.15) is 38.2 Å². The van der Waals surface area contributed by atoms with Crippen molar-refractivity contribution in [2.24, 2.45) is 0 Å². The fourth-order valence-corrected chi connectivity index (χ4v) is 1.81. The van der Waals surface area contributed by atoms with Crippen LogP contribution < -0.4 is 0 Å². The van der Waals surface area contributed by atoms with Gasteiger partial charge in [0.1, 0.15) is 0 Å². The fourth-order valence-electron chi connectivity index (χ4n) is 1.40. The molecule has 0 bridgehead atoms. The van der Waals surface area contributed by atoms with Crippen molar-refractivity contribution in [1.82, 2.24) is 0 Å². The third kappa shape index (κ3) is 4.01. The molecule has 0 N–H and O–H groups in total. The summed E-state index contributed by atoms with van der Waals surface area (Å²) in [4.78, 5) is 1.32. The van der Waals surface area contributed by atoms with Crippen molar-refractivity contribution in [3.05, 3.63) is 29.8 Å². The summed E-state index contributed by atoms with van der Waals surface area (Å²) in [6.45, 7) is 4.32. The van der Waals surface area contributed by atoms with E-state index in [-0.39, 0.29) is 0 Å². The lowest BCUT2D eigenvalue weighted by Crippen LogP contribution is -1.91. The van der Waals surface area contributed by atoms with Crippen molar-refractivity contribution in [1.29, 1.82) is 0 Å². The third-order valence-corrected chi connectivity index (χ3v) is 3.14. The van der Waals surface area contributed by atoms with Crippen LogP contribution in [-0.4, -0.2) is 6.26 Å². The summed E-state index contributed by atoms with van der Waals surface area (Å²) in [5, 5.41) is 0. The van der Waals surface area contributed by atoms with E-state index in [9.17, 15) is 0 Å². The average molecular weight is 218 g/mol. The first-order valence-electron chi connectivity index (χ1n) is 5.37. The van der Waals surface area contributed by atoms with E-state index in [1.807, 2.05) is 0 Å². The van der Waals surface area contributed by atoms with Gasteiger partial charge in [0.25, 0.3) is 0 Å². The number of rotatable bonds is 3. The summed E-state index contributed by atoms with van der Waals surface area (Å²) >= 11 is 1.78. The van der Waals surface area contributed by atoms with Crippen LogP contribution in [-0.2, 0) is 0 Å². The molecule has 1 aromatic rings. The highest BCUT2D eigenvalue weighted by Crippen LogP contribution is 2.22. The molecule has 0 amide bonds. The smallest absolute Gasteiger partial charge is 0.0155 e. The van der Waals surface area contributed by atoms with Gasteiger partial charge in [-0.1, -0.05) is 26.0 Å². The molecule has 1 atom stereocenters. The zero-order valence-corrected chi connectivity index (χ0v) is 10.5. The van der Waals surface area contributed by atoms with E-state index < -0.39 is 0 Å². The summed E-state index contributed by atoms with van der Waals surface area (Å²) in [7, 11) is 0. The molecular formula is C14H18S. The second-order valence-corrected chi connectivity index (χ2v) is 4.47. The fraction of sp³-hybridized carbons (Fsp3) is 0.429. The van der Waals surface area contributed by atoms with E-state index >= 15 is 0 Å². The van der Waals surface area contributed by atoms with E-state index in [1.54, 1.807) is 11.8 Å². The minimum atomic E-state index is 0.542. The molecule has 0 aliphatic carbocycles.